The molecule has 0 spiro atoms. The maximum absolute atomic E-state index is 12.4. The lowest BCUT2D eigenvalue weighted by Gasteiger charge is -2.21. The van der Waals surface area contributed by atoms with Crippen LogP contribution >= 0.6 is 11.3 Å². The molecule has 26 heavy (non-hydrogen) atoms. The Morgan fingerprint density at radius 2 is 2.12 bits per heavy atom. The molecular formula is C19H21N3O3S. The summed E-state index contributed by atoms with van der Waals surface area (Å²) in [6.45, 7) is 4.38. The highest BCUT2D eigenvalue weighted by atomic mass is 32.1. The van der Waals surface area contributed by atoms with Crippen LogP contribution in [0.2, 0.25) is 0 Å². The summed E-state index contributed by atoms with van der Waals surface area (Å²) in [5.74, 6) is 1.65. The van der Waals surface area contributed by atoms with Crippen LogP contribution in [-0.4, -0.2) is 25.3 Å². The lowest BCUT2D eigenvalue weighted by atomic mass is 10.0. The van der Waals surface area contributed by atoms with Crippen molar-refractivity contribution < 1.29 is 14.3 Å². The van der Waals surface area contributed by atoms with Crippen molar-refractivity contribution in [1.82, 2.24) is 5.32 Å². The molecule has 0 aliphatic carbocycles. The number of nitrogens with zero attached hydrogens (tertiary/aromatic N) is 1. The van der Waals surface area contributed by atoms with Crippen molar-refractivity contribution in [2.24, 2.45) is 5.92 Å². The minimum Gasteiger partial charge on any atom is -0.454 e. The van der Waals surface area contributed by atoms with Gasteiger partial charge in [-0.2, -0.15) is 5.26 Å². The van der Waals surface area contributed by atoms with Gasteiger partial charge in [0.25, 0.3) is 0 Å². The standard InChI is InChI=1S/C19H21N3O3S/c1-12(2)7-15(19(23)21-6-5-20)22-16-10-26-9-14(16)13-3-4-17-18(8-13)25-11-24-17/h3-4,8-10,12,15,22H,6-7,11H2,1-2H3,(H,21,23). The molecule has 1 amide bonds. The third kappa shape index (κ3) is 4.09. The van der Waals surface area contributed by atoms with E-state index in [1.54, 1.807) is 11.3 Å². The monoisotopic (exact) mass is 371 g/mol. The van der Waals surface area contributed by atoms with Crippen molar-refractivity contribution >= 4 is 22.9 Å². The molecule has 3 rings (SSSR count). The van der Waals surface area contributed by atoms with Gasteiger partial charge in [0.1, 0.15) is 12.6 Å². The molecule has 2 heterocycles. The van der Waals surface area contributed by atoms with E-state index in [0.29, 0.717) is 12.3 Å². The minimum absolute atomic E-state index is 0.00770. The number of hydrogen-bond acceptors (Lipinski definition) is 6. The van der Waals surface area contributed by atoms with E-state index in [2.05, 4.69) is 24.5 Å². The molecule has 7 heteroatoms. The van der Waals surface area contributed by atoms with Crippen LogP contribution in [0.25, 0.3) is 11.1 Å². The van der Waals surface area contributed by atoms with E-state index in [0.717, 1.165) is 28.3 Å². The van der Waals surface area contributed by atoms with Crippen LogP contribution < -0.4 is 20.1 Å². The molecule has 0 radical (unpaired) electrons. The average Bonchev–Trinajstić information content (AvgIpc) is 3.26. The number of amides is 1. The summed E-state index contributed by atoms with van der Waals surface area (Å²) in [7, 11) is 0. The topological polar surface area (TPSA) is 83.4 Å². The number of fused-ring (bicyclic) bond motifs is 1. The number of rotatable bonds is 7. The third-order valence-electron chi connectivity index (χ3n) is 4.04. The number of nitrogens with one attached hydrogen (secondary N) is 2. The van der Waals surface area contributed by atoms with Gasteiger partial charge in [0.05, 0.1) is 11.8 Å². The van der Waals surface area contributed by atoms with E-state index in [4.69, 9.17) is 14.7 Å². The predicted octanol–water partition coefficient (Wildman–Crippen LogP) is 3.61. The Morgan fingerprint density at radius 3 is 2.88 bits per heavy atom. The van der Waals surface area contributed by atoms with Gasteiger partial charge in [-0.05, 0) is 30.0 Å². The van der Waals surface area contributed by atoms with E-state index >= 15 is 0 Å². The normalized spacial score (nSPS) is 13.3. The van der Waals surface area contributed by atoms with Crippen molar-refractivity contribution in [3.63, 3.8) is 0 Å². The minimum atomic E-state index is -0.397. The zero-order chi connectivity index (χ0) is 18.5. The number of hydrogen-bond donors (Lipinski definition) is 2. The summed E-state index contributed by atoms with van der Waals surface area (Å²) in [6, 6.07) is 7.37. The molecule has 0 saturated carbocycles. The first-order valence-corrected chi connectivity index (χ1v) is 9.40. The Labute approximate surface area is 156 Å². The van der Waals surface area contributed by atoms with Gasteiger partial charge in [-0.3, -0.25) is 4.79 Å². The smallest absolute Gasteiger partial charge is 0.243 e. The van der Waals surface area contributed by atoms with Gasteiger partial charge in [-0.25, -0.2) is 0 Å². The second-order valence-corrected chi connectivity index (χ2v) is 7.21. The molecule has 1 aliphatic heterocycles. The number of thiophene rings is 1. The quantitative estimate of drug-likeness (QED) is 0.727. The average molecular weight is 371 g/mol. The van der Waals surface area contributed by atoms with Crippen LogP contribution in [0.3, 0.4) is 0 Å². The predicted molar refractivity (Wildman–Crippen MR) is 101 cm³/mol. The highest BCUT2D eigenvalue weighted by Crippen LogP contribution is 2.39. The molecule has 1 aromatic carbocycles. The number of benzene rings is 1. The van der Waals surface area contributed by atoms with E-state index in [-0.39, 0.29) is 19.2 Å². The van der Waals surface area contributed by atoms with Crippen molar-refractivity contribution in [2.75, 3.05) is 18.7 Å². The maximum atomic E-state index is 12.4. The molecule has 0 fully saturated rings. The SMILES string of the molecule is CC(C)CC(Nc1cscc1-c1ccc2c(c1)OCO2)C(=O)NCC#N. The van der Waals surface area contributed by atoms with Crippen LogP contribution in [-0.2, 0) is 4.79 Å². The largest absolute Gasteiger partial charge is 0.454 e. The number of nitriles is 1. The van der Waals surface area contributed by atoms with Crippen molar-refractivity contribution in [2.45, 2.75) is 26.3 Å². The van der Waals surface area contributed by atoms with E-state index in [9.17, 15) is 4.79 Å². The summed E-state index contributed by atoms with van der Waals surface area (Å²) in [5.41, 5.74) is 2.90. The molecule has 2 aromatic rings. The molecular weight excluding hydrogens is 350 g/mol. The molecule has 6 nitrogen and oxygen atoms in total. The van der Waals surface area contributed by atoms with Gasteiger partial charge in [-0.1, -0.05) is 19.9 Å². The first-order valence-electron chi connectivity index (χ1n) is 8.46. The maximum Gasteiger partial charge on any atom is 0.243 e. The summed E-state index contributed by atoms with van der Waals surface area (Å²) < 4.78 is 10.8. The van der Waals surface area contributed by atoms with E-state index in [1.165, 1.54) is 0 Å². The Morgan fingerprint density at radius 1 is 1.31 bits per heavy atom. The van der Waals surface area contributed by atoms with Crippen LogP contribution in [0.1, 0.15) is 20.3 Å². The fourth-order valence-corrected chi connectivity index (χ4v) is 3.64. The Balaban J connectivity index is 1.82. The van der Waals surface area contributed by atoms with Crippen LogP contribution in [0, 0.1) is 17.2 Å². The molecule has 1 unspecified atom stereocenters. The highest BCUT2D eigenvalue weighted by molar-refractivity contribution is 7.08. The second-order valence-electron chi connectivity index (χ2n) is 6.47. The Kier molecular flexibility index (Phi) is 5.64. The number of anilines is 1. The molecule has 0 bridgehead atoms. The third-order valence-corrected chi connectivity index (χ3v) is 4.78. The number of ether oxygens (including phenoxy) is 2. The molecule has 1 aliphatic rings. The second kappa shape index (κ2) is 8.11. The Bertz CT molecular complexity index is 826. The zero-order valence-corrected chi connectivity index (χ0v) is 15.6. The van der Waals surface area contributed by atoms with Crippen LogP contribution in [0.4, 0.5) is 5.69 Å². The van der Waals surface area contributed by atoms with Gasteiger partial charge < -0.3 is 20.1 Å². The van der Waals surface area contributed by atoms with Crippen LogP contribution in [0.15, 0.2) is 29.0 Å². The first-order chi connectivity index (χ1) is 12.6. The van der Waals surface area contributed by atoms with Gasteiger partial charge in [0.2, 0.25) is 12.7 Å². The Hall–Kier alpha value is -2.72. The first kappa shape index (κ1) is 18.1. The van der Waals surface area contributed by atoms with Gasteiger partial charge >= 0.3 is 0 Å². The van der Waals surface area contributed by atoms with Gasteiger partial charge in [-0.15, -0.1) is 11.3 Å². The van der Waals surface area contributed by atoms with Crippen LogP contribution in [0.5, 0.6) is 11.5 Å². The highest BCUT2D eigenvalue weighted by Gasteiger charge is 2.22. The summed E-state index contributed by atoms with van der Waals surface area (Å²) in [4.78, 5) is 12.4. The van der Waals surface area contributed by atoms with E-state index < -0.39 is 6.04 Å². The summed E-state index contributed by atoms with van der Waals surface area (Å²) in [6.07, 6.45) is 0.674. The molecule has 2 N–H and O–H groups in total. The fourth-order valence-electron chi connectivity index (χ4n) is 2.84. The lowest BCUT2D eigenvalue weighted by molar-refractivity contribution is -0.121. The molecule has 136 valence electrons. The van der Waals surface area contributed by atoms with Gasteiger partial charge in [0.15, 0.2) is 11.5 Å². The van der Waals surface area contributed by atoms with Crippen molar-refractivity contribution in [3.8, 4) is 28.7 Å². The lowest BCUT2D eigenvalue weighted by Crippen LogP contribution is -2.40. The summed E-state index contributed by atoms with van der Waals surface area (Å²) >= 11 is 1.57. The summed E-state index contributed by atoms with van der Waals surface area (Å²) in [5, 5.41) is 18.7. The van der Waals surface area contributed by atoms with Crippen molar-refractivity contribution in [1.29, 1.82) is 5.26 Å². The van der Waals surface area contributed by atoms with E-state index in [1.807, 2.05) is 35.0 Å². The molecule has 1 aromatic heterocycles. The number of carbonyl (C=O) groups excluding carboxylic acids is 1. The number of carbonyl (C=O) groups is 1. The fraction of sp³-hybridized carbons (Fsp3) is 0.368. The van der Waals surface area contributed by atoms with Gasteiger partial charge in [0, 0.05) is 16.3 Å². The molecule has 1 atom stereocenters. The zero-order valence-electron chi connectivity index (χ0n) is 14.7. The van der Waals surface area contributed by atoms with Crippen molar-refractivity contribution in [3.05, 3.63) is 29.0 Å². The molecule has 0 saturated heterocycles.